The molecule has 7 heteroatoms. The highest BCUT2D eigenvalue weighted by Gasteiger charge is 2.41. The summed E-state index contributed by atoms with van der Waals surface area (Å²) in [7, 11) is 1.53. The lowest BCUT2D eigenvalue weighted by Gasteiger charge is -2.22. The minimum absolute atomic E-state index is 0.118. The topological polar surface area (TPSA) is 65.0 Å². The van der Waals surface area contributed by atoms with E-state index in [4.69, 9.17) is 14.2 Å². The minimum Gasteiger partial charge on any atom is -0.487 e. The van der Waals surface area contributed by atoms with E-state index in [1.54, 1.807) is 30.3 Å². The van der Waals surface area contributed by atoms with Gasteiger partial charge in [0.1, 0.15) is 5.75 Å². The summed E-state index contributed by atoms with van der Waals surface area (Å²) >= 11 is 0. The van der Waals surface area contributed by atoms with Crippen LogP contribution in [-0.4, -0.2) is 49.0 Å². The molecule has 0 radical (unpaired) electrons. The van der Waals surface area contributed by atoms with Crippen molar-refractivity contribution in [3.8, 4) is 5.75 Å². The quantitative estimate of drug-likeness (QED) is 0.242. The number of hydrogen-bond acceptors (Lipinski definition) is 5. The molecule has 0 heterocycles. The van der Waals surface area contributed by atoms with Crippen molar-refractivity contribution in [1.29, 1.82) is 0 Å². The Morgan fingerprint density at radius 3 is 2.64 bits per heavy atom. The number of allylic oxidation sites excluding steroid dienone is 2. The molecule has 0 spiro atoms. The zero-order valence-corrected chi connectivity index (χ0v) is 19.7. The largest absolute Gasteiger partial charge is 0.487 e. The summed E-state index contributed by atoms with van der Waals surface area (Å²) in [6, 6.07) is 8.49. The number of carbonyl (C=O) groups excluding carboxylic acids is 1. The fourth-order valence-electron chi connectivity index (χ4n) is 3.99. The van der Waals surface area contributed by atoms with Gasteiger partial charge in [0, 0.05) is 25.9 Å². The second-order valence-electron chi connectivity index (χ2n) is 8.68. The highest BCUT2D eigenvalue weighted by atomic mass is 19.3. The Kier molecular flexibility index (Phi) is 11.0. The van der Waals surface area contributed by atoms with Gasteiger partial charge in [-0.15, -0.1) is 0 Å². The van der Waals surface area contributed by atoms with Crippen LogP contribution in [0.1, 0.15) is 46.0 Å². The summed E-state index contributed by atoms with van der Waals surface area (Å²) in [5.74, 6) is -3.53. The molecule has 1 N–H and O–H groups in total. The predicted molar refractivity (Wildman–Crippen MR) is 123 cm³/mol. The Labute approximate surface area is 195 Å². The van der Waals surface area contributed by atoms with Crippen LogP contribution in [0.25, 0.3) is 0 Å². The number of halogens is 2. The maximum Gasteiger partial charge on any atom is 0.306 e. The summed E-state index contributed by atoms with van der Waals surface area (Å²) in [5.41, 5.74) is 0. The number of alkyl halides is 2. The van der Waals surface area contributed by atoms with Crippen LogP contribution in [0.4, 0.5) is 8.78 Å². The molecule has 0 aliphatic heterocycles. The molecule has 2 rings (SSSR count). The SMILES string of the molecule is COC1CC(O)C(CC=CCCCC(=O)OC(C)C)C1C=CC(F)(F)COc1ccccc1. The maximum absolute atomic E-state index is 14.4. The molecular weight excluding hydrogens is 430 g/mol. The Morgan fingerprint density at radius 2 is 1.97 bits per heavy atom. The zero-order valence-electron chi connectivity index (χ0n) is 19.7. The second kappa shape index (κ2) is 13.5. The molecule has 184 valence electrons. The number of methoxy groups -OCH3 is 1. The van der Waals surface area contributed by atoms with E-state index in [2.05, 4.69) is 0 Å². The molecule has 0 bridgehead atoms. The molecule has 1 aromatic carbocycles. The van der Waals surface area contributed by atoms with Crippen LogP contribution in [0, 0.1) is 11.8 Å². The van der Waals surface area contributed by atoms with E-state index < -0.39 is 18.6 Å². The fourth-order valence-corrected chi connectivity index (χ4v) is 3.99. The third-order valence-electron chi connectivity index (χ3n) is 5.62. The summed E-state index contributed by atoms with van der Waals surface area (Å²) in [5, 5.41) is 10.5. The van der Waals surface area contributed by atoms with Crippen molar-refractivity contribution in [3.05, 3.63) is 54.6 Å². The van der Waals surface area contributed by atoms with Gasteiger partial charge in [-0.3, -0.25) is 4.79 Å². The first kappa shape index (κ1) is 27.0. The summed E-state index contributed by atoms with van der Waals surface area (Å²) in [4.78, 5) is 11.6. The van der Waals surface area contributed by atoms with E-state index in [1.165, 1.54) is 13.2 Å². The first-order chi connectivity index (χ1) is 15.7. The average molecular weight is 467 g/mol. The van der Waals surface area contributed by atoms with Crippen LogP contribution in [0.5, 0.6) is 5.75 Å². The highest BCUT2D eigenvalue weighted by molar-refractivity contribution is 5.69. The van der Waals surface area contributed by atoms with Gasteiger partial charge in [0.05, 0.1) is 18.3 Å². The van der Waals surface area contributed by atoms with Gasteiger partial charge in [-0.2, -0.15) is 8.78 Å². The molecule has 5 nitrogen and oxygen atoms in total. The first-order valence-electron chi connectivity index (χ1n) is 11.5. The van der Waals surface area contributed by atoms with E-state index in [0.717, 1.165) is 6.08 Å². The van der Waals surface area contributed by atoms with Gasteiger partial charge in [-0.1, -0.05) is 36.4 Å². The van der Waals surface area contributed by atoms with E-state index in [9.17, 15) is 18.7 Å². The first-order valence-corrected chi connectivity index (χ1v) is 11.5. The molecule has 33 heavy (non-hydrogen) atoms. The van der Waals surface area contributed by atoms with Crippen molar-refractivity contribution in [3.63, 3.8) is 0 Å². The number of rotatable bonds is 13. The summed E-state index contributed by atoms with van der Waals surface area (Å²) < 4.78 is 44.5. The fraction of sp³-hybridized carbons (Fsp3) is 0.577. The van der Waals surface area contributed by atoms with Crippen molar-refractivity contribution in [2.24, 2.45) is 11.8 Å². The van der Waals surface area contributed by atoms with Gasteiger partial charge in [0.25, 0.3) is 5.92 Å². The van der Waals surface area contributed by atoms with Crippen LogP contribution in [0.3, 0.4) is 0 Å². The van der Waals surface area contributed by atoms with Gasteiger partial charge in [0.2, 0.25) is 0 Å². The molecule has 1 fully saturated rings. The van der Waals surface area contributed by atoms with Crippen LogP contribution < -0.4 is 4.74 Å². The summed E-state index contributed by atoms with van der Waals surface area (Å²) in [6.45, 7) is 2.87. The Balaban J connectivity index is 1.88. The van der Waals surface area contributed by atoms with Gasteiger partial charge in [0.15, 0.2) is 6.61 Å². The van der Waals surface area contributed by atoms with Crippen molar-refractivity contribution < 1.29 is 32.9 Å². The monoisotopic (exact) mass is 466 g/mol. The van der Waals surface area contributed by atoms with Crippen LogP contribution in [0.15, 0.2) is 54.6 Å². The third kappa shape index (κ3) is 9.64. The van der Waals surface area contributed by atoms with E-state index in [1.807, 2.05) is 26.0 Å². The van der Waals surface area contributed by atoms with Crippen LogP contribution in [0.2, 0.25) is 0 Å². The molecular formula is C26H36F2O5. The molecule has 0 saturated heterocycles. The van der Waals surface area contributed by atoms with E-state index >= 15 is 0 Å². The molecule has 4 unspecified atom stereocenters. The number of aliphatic hydroxyl groups is 1. The molecule has 0 amide bonds. The minimum atomic E-state index is -3.15. The maximum atomic E-state index is 14.4. The predicted octanol–water partition coefficient (Wildman–Crippen LogP) is 5.34. The van der Waals surface area contributed by atoms with Gasteiger partial charge in [-0.25, -0.2) is 0 Å². The number of para-hydroxylation sites is 1. The summed E-state index contributed by atoms with van der Waals surface area (Å²) in [6.07, 6.45) is 7.81. The van der Waals surface area contributed by atoms with E-state index in [-0.39, 0.29) is 30.0 Å². The number of esters is 1. The average Bonchev–Trinajstić information content (AvgIpc) is 3.08. The van der Waals surface area contributed by atoms with Crippen LogP contribution >= 0.6 is 0 Å². The normalized spacial score (nSPS) is 23.6. The zero-order chi connectivity index (χ0) is 24.3. The Hall–Kier alpha value is -2.25. The number of aliphatic hydroxyl groups excluding tert-OH is 1. The van der Waals surface area contributed by atoms with Crippen molar-refractivity contribution in [2.45, 2.75) is 70.2 Å². The number of ether oxygens (including phenoxy) is 3. The number of carbonyl (C=O) groups is 1. The molecule has 1 aliphatic carbocycles. The van der Waals surface area contributed by atoms with Crippen molar-refractivity contribution in [1.82, 2.24) is 0 Å². The molecule has 1 aromatic rings. The van der Waals surface area contributed by atoms with E-state index in [0.29, 0.717) is 37.9 Å². The third-order valence-corrected chi connectivity index (χ3v) is 5.62. The standard InChI is InChI=1S/C26H36F2O5/c1-19(2)33-25(30)14-10-5-4-9-13-21-22(24(31-3)17-23(21)29)15-16-26(27,28)18-32-20-11-7-6-8-12-20/h4,6-9,11-12,15-16,19,21-24,29H,5,10,13-14,17-18H2,1-3H3. The number of benzene rings is 1. The van der Waals surface area contributed by atoms with Crippen molar-refractivity contribution >= 4 is 5.97 Å². The lowest BCUT2D eigenvalue weighted by molar-refractivity contribution is -0.147. The molecule has 0 aromatic heterocycles. The van der Waals surface area contributed by atoms with Gasteiger partial charge < -0.3 is 19.3 Å². The van der Waals surface area contributed by atoms with Crippen LogP contribution in [-0.2, 0) is 14.3 Å². The molecule has 4 atom stereocenters. The van der Waals surface area contributed by atoms with Gasteiger partial charge >= 0.3 is 5.97 Å². The lowest BCUT2D eigenvalue weighted by atomic mass is 9.89. The highest BCUT2D eigenvalue weighted by Crippen LogP contribution is 2.38. The lowest BCUT2D eigenvalue weighted by Crippen LogP contribution is -2.25. The van der Waals surface area contributed by atoms with Crippen molar-refractivity contribution in [2.75, 3.05) is 13.7 Å². The molecule has 1 aliphatic rings. The Morgan fingerprint density at radius 1 is 1.24 bits per heavy atom. The smallest absolute Gasteiger partial charge is 0.306 e. The number of hydrogen-bond donors (Lipinski definition) is 1. The second-order valence-corrected chi connectivity index (χ2v) is 8.68. The van der Waals surface area contributed by atoms with Gasteiger partial charge in [-0.05, 0) is 57.2 Å². The number of unbranched alkanes of at least 4 members (excludes halogenated alkanes) is 1. The Bertz CT molecular complexity index is 763. The molecule has 1 saturated carbocycles.